The van der Waals surface area contributed by atoms with Crippen LogP contribution in [0.3, 0.4) is 0 Å². The van der Waals surface area contributed by atoms with Crippen LogP contribution in [0.4, 0.5) is 0 Å². The number of carbonyl (C=O) groups excluding carboxylic acids is 2. The molecular weight excluding hydrogens is 260 g/mol. The van der Waals surface area contributed by atoms with Gasteiger partial charge in [0, 0.05) is 25.7 Å². The molecule has 0 aliphatic heterocycles. The number of carbonyl (C=O) groups is 2. The second-order valence-electron chi connectivity index (χ2n) is 4.36. The molecule has 0 atom stereocenters. The Kier molecular flexibility index (Phi) is 6.69. The number of hydrogen-bond donors (Lipinski definition) is 2. The number of aliphatic hydroxyl groups excluding tert-OH is 2. The van der Waals surface area contributed by atoms with Crippen molar-refractivity contribution in [2.45, 2.75) is 0 Å². The van der Waals surface area contributed by atoms with Gasteiger partial charge in [0.2, 0.25) is 5.91 Å². The van der Waals surface area contributed by atoms with Gasteiger partial charge in [0.1, 0.15) is 0 Å². The number of hydrogen-bond acceptors (Lipinski definition) is 4. The van der Waals surface area contributed by atoms with Gasteiger partial charge in [-0.3, -0.25) is 9.59 Å². The fourth-order valence-electron chi connectivity index (χ4n) is 1.78. The summed E-state index contributed by atoms with van der Waals surface area (Å²) >= 11 is 0. The van der Waals surface area contributed by atoms with Crippen LogP contribution in [-0.2, 0) is 4.79 Å². The van der Waals surface area contributed by atoms with Crippen molar-refractivity contribution in [1.82, 2.24) is 9.80 Å². The molecule has 0 saturated carbocycles. The molecule has 0 radical (unpaired) electrons. The molecule has 6 heteroatoms. The van der Waals surface area contributed by atoms with Crippen molar-refractivity contribution in [3.8, 4) is 0 Å². The quantitative estimate of drug-likeness (QED) is 0.710. The molecule has 2 N–H and O–H groups in total. The monoisotopic (exact) mass is 280 g/mol. The van der Waals surface area contributed by atoms with Crippen LogP contribution < -0.4 is 0 Å². The van der Waals surface area contributed by atoms with E-state index < -0.39 is 0 Å². The molecule has 0 aliphatic rings. The van der Waals surface area contributed by atoms with E-state index in [4.69, 9.17) is 10.2 Å². The molecule has 1 rings (SSSR count). The fraction of sp³-hybridized carbons (Fsp3) is 0.429. The van der Waals surface area contributed by atoms with Gasteiger partial charge in [0.25, 0.3) is 5.91 Å². The zero-order valence-electron chi connectivity index (χ0n) is 11.5. The Hall–Kier alpha value is -1.92. The summed E-state index contributed by atoms with van der Waals surface area (Å²) in [5, 5.41) is 17.8. The van der Waals surface area contributed by atoms with Gasteiger partial charge in [-0.05, 0) is 12.1 Å². The number of aliphatic hydroxyl groups is 2. The highest BCUT2D eigenvalue weighted by molar-refractivity contribution is 5.96. The van der Waals surface area contributed by atoms with E-state index in [1.807, 2.05) is 6.07 Å². The van der Waals surface area contributed by atoms with Crippen LogP contribution >= 0.6 is 0 Å². The molecule has 0 spiro atoms. The van der Waals surface area contributed by atoms with Gasteiger partial charge < -0.3 is 20.0 Å². The summed E-state index contributed by atoms with van der Waals surface area (Å²) in [5.41, 5.74) is 0.513. The molecule has 6 nitrogen and oxygen atoms in total. The standard InChI is InChI=1S/C14H20N2O4/c1-15(14(20)12-5-3-2-4-6-12)11-13(19)16(7-9-17)8-10-18/h2-6,17-18H,7-11H2,1H3. The molecule has 0 fully saturated rings. The predicted molar refractivity (Wildman–Crippen MR) is 74.2 cm³/mol. The summed E-state index contributed by atoms with van der Waals surface area (Å²) in [4.78, 5) is 26.7. The molecular formula is C14H20N2O4. The van der Waals surface area contributed by atoms with Crippen molar-refractivity contribution in [2.75, 3.05) is 39.9 Å². The fourth-order valence-corrected chi connectivity index (χ4v) is 1.78. The Labute approximate surface area is 118 Å². The highest BCUT2D eigenvalue weighted by Gasteiger charge is 2.18. The molecule has 0 saturated heterocycles. The van der Waals surface area contributed by atoms with Gasteiger partial charge in [-0.15, -0.1) is 0 Å². The second kappa shape index (κ2) is 8.29. The molecule has 0 heterocycles. The van der Waals surface area contributed by atoms with E-state index in [-0.39, 0.29) is 44.7 Å². The Morgan fingerprint density at radius 3 is 2.10 bits per heavy atom. The minimum absolute atomic E-state index is 0.0896. The minimum Gasteiger partial charge on any atom is -0.395 e. The van der Waals surface area contributed by atoms with E-state index in [9.17, 15) is 9.59 Å². The van der Waals surface area contributed by atoms with E-state index >= 15 is 0 Å². The van der Waals surface area contributed by atoms with Crippen molar-refractivity contribution in [3.05, 3.63) is 35.9 Å². The molecule has 0 aliphatic carbocycles. The van der Waals surface area contributed by atoms with Crippen LogP contribution in [0.15, 0.2) is 30.3 Å². The predicted octanol–water partition coefficient (Wildman–Crippen LogP) is -0.428. The molecule has 1 aromatic rings. The maximum Gasteiger partial charge on any atom is 0.254 e. The smallest absolute Gasteiger partial charge is 0.254 e. The third-order valence-electron chi connectivity index (χ3n) is 2.83. The molecule has 20 heavy (non-hydrogen) atoms. The van der Waals surface area contributed by atoms with E-state index in [0.717, 1.165) is 0 Å². The van der Waals surface area contributed by atoms with Crippen molar-refractivity contribution < 1.29 is 19.8 Å². The van der Waals surface area contributed by atoms with Crippen LogP contribution in [0.25, 0.3) is 0 Å². The number of amides is 2. The van der Waals surface area contributed by atoms with Crippen LogP contribution in [0.1, 0.15) is 10.4 Å². The lowest BCUT2D eigenvalue weighted by Crippen LogP contribution is -2.43. The second-order valence-corrected chi connectivity index (χ2v) is 4.36. The Bertz CT molecular complexity index is 430. The van der Waals surface area contributed by atoms with Crippen LogP contribution in [0.2, 0.25) is 0 Å². The van der Waals surface area contributed by atoms with Crippen LogP contribution in [0, 0.1) is 0 Å². The number of rotatable bonds is 7. The first-order valence-corrected chi connectivity index (χ1v) is 6.40. The van der Waals surface area contributed by atoms with E-state index in [1.165, 1.54) is 9.80 Å². The summed E-state index contributed by atoms with van der Waals surface area (Å²) in [6.45, 7) is -0.155. The minimum atomic E-state index is -0.306. The zero-order valence-corrected chi connectivity index (χ0v) is 11.5. The lowest BCUT2D eigenvalue weighted by atomic mass is 10.2. The van der Waals surface area contributed by atoms with Crippen molar-refractivity contribution >= 4 is 11.8 Å². The van der Waals surface area contributed by atoms with Gasteiger partial charge in [-0.25, -0.2) is 0 Å². The SMILES string of the molecule is CN(CC(=O)N(CCO)CCO)C(=O)c1ccccc1. The first kappa shape index (κ1) is 16.1. The molecule has 1 aromatic carbocycles. The van der Waals surface area contributed by atoms with Crippen LogP contribution in [0.5, 0.6) is 0 Å². The number of benzene rings is 1. The van der Waals surface area contributed by atoms with Gasteiger partial charge in [-0.1, -0.05) is 18.2 Å². The average molecular weight is 280 g/mol. The summed E-state index contributed by atoms with van der Waals surface area (Å²) in [6.07, 6.45) is 0. The summed E-state index contributed by atoms with van der Waals surface area (Å²) < 4.78 is 0. The topological polar surface area (TPSA) is 81.1 Å². The number of nitrogens with zero attached hydrogens (tertiary/aromatic N) is 2. The zero-order chi connectivity index (χ0) is 15.0. The Morgan fingerprint density at radius 1 is 1.05 bits per heavy atom. The van der Waals surface area contributed by atoms with E-state index in [0.29, 0.717) is 5.56 Å². The summed E-state index contributed by atoms with van der Waals surface area (Å²) in [7, 11) is 1.54. The van der Waals surface area contributed by atoms with Gasteiger partial charge >= 0.3 is 0 Å². The van der Waals surface area contributed by atoms with Gasteiger partial charge in [0.05, 0.1) is 19.8 Å². The number of likely N-dealkylation sites (N-methyl/N-ethyl adjacent to an activating group) is 1. The first-order valence-electron chi connectivity index (χ1n) is 6.40. The third kappa shape index (κ3) is 4.64. The average Bonchev–Trinajstić information content (AvgIpc) is 2.47. The maximum absolute atomic E-state index is 12.1. The molecule has 0 aromatic heterocycles. The van der Waals surface area contributed by atoms with Crippen molar-refractivity contribution in [2.24, 2.45) is 0 Å². The van der Waals surface area contributed by atoms with Gasteiger partial charge in [0.15, 0.2) is 0 Å². The van der Waals surface area contributed by atoms with Crippen molar-refractivity contribution in [1.29, 1.82) is 0 Å². The third-order valence-corrected chi connectivity index (χ3v) is 2.83. The molecule has 2 amide bonds. The van der Waals surface area contributed by atoms with Crippen LogP contribution in [-0.4, -0.2) is 71.7 Å². The highest BCUT2D eigenvalue weighted by atomic mass is 16.3. The molecule has 0 unspecified atom stereocenters. The Balaban J connectivity index is 2.62. The molecule has 110 valence electrons. The highest BCUT2D eigenvalue weighted by Crippen LogP contribution is 2.03. The maximum atomic E-state index is 12.1. The Morgan fingerprint density at radius 2 is 1.60 bits per heavy atom. The van der Waals surface area contributed by atoms with E-state index in [1.54, 1.807) is 31.3 Å². The van der Waals surface area contributed by atoms with E-state index in [2.05, 4.69) is 0 Å². The summed E-state index contributed by atoms with van der Waals surface area (Å²) in [6, 6.07) is 8.69. The molecule has 0 bridgehead atoms. The largest absolute Gasteiger partial charge is 0.395 e. The normalized spacial score (nSPS) is 10.2. The lowest BCUT2D eigenvalue weighted by molar-refractivity contribution is -0.132. The van der Waals surface area contributed by atoms with Crippen molar-refractivity contribution in [3.63, 3.8) is 0 Å². The lowest BCUT2D eigenvalue weighted by Gasteiger charge is -2.24. The summed E-state index contributed by atoms with van der Waals surface area (Å²) in [5.74, 6) is -0.549. The van der Waals surface area contributed by atoms with Gasteiger partial charge in [-0.2, -0.15) is 0 Å². The first-order chi connectivity index (χ1) is 9.60.